The maximum absolute atomic E-state index is 4.76. The Morgan fingerprint density at radius 3 is 3.44 bits per heavy atom. The Kier molecular flexibility index (Phi) is 0.745. The molecule has 0 aliphatic carbocycles. The topological polar surface area (TPSA) is 51.8 Å². The van der Waals surface area contributed by atoms with Gasteiger partial charge in [0.2, 0.25) is 5.65 Å². The first-order chi connectivity index (χ1) is 4.47. The number of fused-ring (bicyclic) bond motifs is 1. The highest BCUT2D eigenvalue weighted by Gasteiger charge is 1.95. The lowest BCUT2D eigenvalue weighted by molar-refractivity contribution is 0.589. The van der Waals surface area contributed by atoms with Crippen LogP contribution in [0.15, 0.2) is 16.9 Å². The molecule has 2 aromatic rings. The van der Waals surface area contributed by atoms with Crippen LogP contribution in [0.1, 0.15) is 0 Å². The van der Waals surface area contributed by atoms with Gasteiger partial charge in [0.1, 0.15) is 6.33 Å². The minimum absolute atomic E-state index is 0.546. The van der Waals surface area contributed by atoms with Crippen molar-refractivity contribution in [2.75, 3.05) is 0 Å². The number of nitrogens with zero attached hydrogens (tertiary/aromatic N) is 3. The summed E-state index contributed by atoms with van der Waals surface area (Å²) in [7, 11) is 0. The fourth-order valence-electron chi connectivity index (χ4n) is 0.582. The van der Waals surface area contributed by atoms with Crippen LogP contribution in [-0.2, 0) is 0 Å². The molecule has 0 spiro atoms. The molecule has 0 aromatic carbocycles. The van der Waals surface area contributed by atoms with E-state index < -0.39 is 0 Å². The largest absolute Gasteiger partial charge is 0.429 e. The first-order valence-electron chi connectivity index (χ1n) is 2.39. The molecule has 9 heavy (non-hydrogen) atoms. The van der Waals surface area contributed by atoms with Gasteiger partial charge in [0, 0.05) is 0 Å². The van der Waals surface area contributed by atoms with Gasteiger partial charge < -0.3 is 4.42 Å². The van der Waals surface area contributed by atoms with Crippen LogP contribution in [0.2, 0.25) is 0 Å². The number of oxazole rings is 1. The van der Waals surface area contributed by atoms with Crippen molar-refractivity contribution in [2.24, 2.45) is 0 Å². The standard InChI is InChI=1S/C5H2N3O/c1-4-5(7-2-6-1)8-3-9-4/h1-2H. The maximum atomic E-state index is 4.76. The third-order valence-electron chi connectivity index (χ3n) is 0.966. The lowest BCUT2D eigenvalue weighted by Crippen LogP contribution is -1.75. The number of hydrogen-bond donors (Lipinski definition) is 0. The predicted octanol–water partition coefficient (Wildman–Crippen LogP) is 0.418. The van der Waals surface area contributed by atoms with E-state index in [1.807, 2.05) is 0 Å². The zero-order valence-corrected chi connectivity index (χ0v) is 4.40. The van der Waals surface area contributed by atoms with Crippen molar-refractivity contribution in [1.29, 1.82) is 0 Å². The third kappa shape index (κ3) is 0.561. The molecule has 0 aliphatic rings. The summed E-state index contributed by atoms with van der Waals surface area (Å²) in [6, 6.07) is 0. The Hall–Kier alpha value is -1.45. The summed E-state index contributed by atoms with van der Waals surface area (Å²) in [5.74, 6) is 0. The second kappa shape index (κ2) is 1.51. The van der Waals surface area contributed by atoms with Gasteiger partial charge in [-0.1, -0.05) is 0 Å². The summed E-state index contributed by atoms with van der Waals surface area (Å²) in [6.45, 7) is 0. The van der Waals surface area contributed by atoms with E-state index in [-0.39, 0.29) is 0 Å². The van der Waals surface area contributed by atoms with Crippen LogP contribution in [0, 0.1) is 6.39 Å². The number of aromatic nitrogens is 3. The molecule has 2 rings (SSSR count). The van der Waals surface area contributed by atoms with Gasteiger partial charge in [0.15, 0.2) is 5.58 Å². The van der Waals surface area contributed by atoms with E-state index in [4.69, 9.17) is 4.42 Å². The highest BCUT2D eigenvalue weighted by molar-refractivity contribution is 5.64. The SMILES string of the molecule is [c]1nc2ncncc2o1. The summed E-state index contributed by atoms with van der Waals surface area (Å²) in [5, 5.41) is 0. The molecule has 2 heterocycles. The highest BCUT2D eigenvalue weighted by atomic mass is 16.3. The molecule has 0 bridgehead atoms. The van der Waals surface area contributed by atoms with Crippen LogP contribution in [0.25, 0.3) is 11.2 Å². The molecule has 1 radical (unpaired) electrons. The summed E-state index contributed by atoms with van der Waals surface area (Å²) in [4.78, 5) is 11.2. The van der Waals surface area contributed by atoms with Gasteiger partial charge in [-0.15, -0.1) is 0 Å². The van der Waals surface area contributed by atoms with Crippen LogP contribution in [0.4, 0.5) is 0 Å². The molecule has 0 aliphatic heterocycles. The van der Waals surface area contributed by atoms with E-state index in [2.05, 4.69) is 21.3 Å². The van der Waals surface area contributed by atoms with Gasteiger partial charge in [0.25, 0.3) is 6.39 Å². The summed E-state index contributed by atoms with van der Waals surface area (Å²) in [5.41, 5.74) is 1.11. The molecule has 4 heteroatoms. The molecular formula is C5H2N3O. The fourth-order valence-corrected chi connectivity index (χ4v) is 0.582. The van der Waals surface area contributed by atoms with E-state index in [9.17, 15) is 0 Å². The zero-order chi connectivity index (χ0) is 6.10. The van der Waals surface area contributed by atoms with Gasteiger partial charge >= 0.3 is 0 Å². The molecule has 4 nitrogen and oxygen atoms in total. The fraction of sp³-hybridized carbons (Fsp3) is 0. The molecule has 0 amide bonds. The van der Waals surface area contributed by atoms with Crippen LogP contribution in [-0.4, -0.2) is 15.0 Å². The van der Waals surface area contributed by atoms with Crippen molar-refractivity contribution in [3.8, 4) is 0 Å². The maximum Gasteiger partial charge on any atom is 0.286 e. The van der Waals surface area contributed by atoms with Gasteiger partial charge in [0.05, 0.1) is 6.20 Å². The van der Waals surface area contributed by atoms with Crippen LogP contribution in [0.5, 0.6) is 0 Å². The van der Waals surface area contributed by atoms with Crippen molar-refractivity contribution >= 4 is 11.2 Å². The van der Waals surface area contributed by atoms with Gasteiger partial charge in [-0.25, -0.2) is 9.97 Å². The molecule has 0 unspecified atom stereocenters. The normalized spacial score (nSPS) is 10.2. The predicted molar refractivity (Wildman–Crippen MR) is 28.4 cm³/mol. The summed E-state index contributed by atoms with van der Waals surface area (Å²) in [6.07, 6.45) is 5.27. The van der Waals surface area contributed by atoms with Crippen molar-refractivity contribution in [2.45, 2.75) is 0 Å². The van der Waals surface area contributed by atoms with Crippen molar-refractivity contribution in [3.05, 3.63) is 18.9 Å². The molecule has 0 N–H and O–H groups in total. The summed E-state index contributed by atoms with van der Waals surface area (Å²) >= 11 is 0. The third-order valence-corrected chi connectivity index (χ3v) is 0.966. The summed E-state index contributed by atoms with van der Waals surface area (Å²) < 4.78 is 4.76. The first kappa shape index (κ1) is 4.43. The monoisotopic (exact) mass is 120 g/mol. The molecular weight excluding hydrogens is 118 g/mol. The minimum Gasteiger partial charge on any atom is -0.429 e. The van der Waals surface area contributed by atoms with Crippen LogP contribution < -0.4 is 0 Å². The van der Waals surface area contributed by atoms with E-state index in [0.29, 0.717) is 11.2 Å². The van der Waals surface area contributed by atoms with Crippen LogP contribution in [0.3, 0.4) is 0 Å². The molecule has 0 fully saturated rings. The quantitative estimate of drug-likeness (QED) is 0.505. The average molecular weight is 120 g/mol. The molecule has 0 saturated heterocycles. The molecule has 0 saturated carbocycles. The minimum atomic E-state index is 0.546. The van der Waals surface area contributed by atoms with Crippen molar-refractivity contribution in [3.63, 3.8) is 0 Å². The van der Waals surface area contributed by atoms with Gasteiger partial charge in [-0.05, 0) is 0 Å². The highest BCUT2D eigenvalue weighted by Crippen LogP contribution is 2.03. The second-order valence-corrected chi connectivity index (χ2v) is 1.52. The molecule has 0 atom stereocenters. The van der Waals surface area contributed by atoms with E-state index in [1.165, 1.54) is 6.33 Å². The van der Waals surface area contributed by atoms with Gasteiger partial charge in [-0.2, -0.15) is 4.98 Å². The number of hydrogen-bond acceptors (Lipinski definition) is 4. The number of rotatable bonds is 0. The second-order valence-electron chi connectivity index (χ2n) is 1.52. The first-order valence-corrected chi connectivity index (χ1v) is 2.39. The van der Waals surface area contributed by atoms with Crippen molar-refractivity contribution < 1.29 is 4.42 Å². The van der Waals surface area contributed by atoms with Gasteiger partial charge in [-0.3, -0.25) is 0 Å². The van der Waals surface area contributed by atoms with Crippen molar-refractivity contribution in [1.82, 2.24) is 15.0 Å². The van der Waals surface area contributed by atoms with Crippen LogP contribution >= 0.6 is 0 Å². The average Bonchev–Trinajstić information content (AvgIpc) is 2.33. The Bertz CT molecular complexity index is 286. The molecule has 43 valence electrons. The lowest BCUT2D eigenvalue weighted by Gasteiger charge is -1.78. The zero-order valence-electron chi connectivity index (χ0n) is 4.40. The Labute approximate surface area is 50.6 Å². The Morgan fingerprint density at radius 1 is 1.56 bits per heavy atom. The molecule has 2 aromatic heterocycles. The lowest BCUT2D eigenvalue weighted by atomic mass is 10.6. The van der Waals surface area contributed by atoms with E-state index >= 15 is 0 Å². The van der Waals surface area contributed by atoms with E-state index in [1.54, 1.807) is 6.20 Å². The Balaban J connectivity index is 2.95. The smallest absolute Gasteiger partial charge is 0.286 e. The Morgan fingerprint density at radius 2 is 2.56 bits per heavy atom. The van der Waals surface area contributed by atoms with E-state index in [0.717, 1.165) is 0 Å².